The molecule has 2 aromatic rings. The van der Waals surface area contributed by atoms with E-state index in [1.54, 1.807) is 19.1 Å². The Morgan fingerprint density at radius 1 is 1.30 bits per heavy atom. The molecular weight excluding hydrogens is 356 g/mol. The fourth-order valence-corrected chi connectivity index (χ4v) is 3.15. The highest BCUT2D eigenvalue weighted by Crippen LogP contribution is 2.28. The zero-order valence-electron chi connectivity index (χ0n) is 13.5. The number of rotatable bonds is 5. The molecule has 1 atom stereocenters. The van der Waals surface area contributed by atoms with Crippen LogP contribution in [-0.2, 0) is 11.2 Å². The predicted molar refractivity (Wildman–Crippen MR) is 97.0 cm³/mol. The summed E-state index contributed by atoms with van der Waals surface area (Å²) in [4.78, 5) is 14.1. The second kappa shape index (κ2) is 7.62. The summed E-state index contributed by atoms with van der Waals surface area (Å²) in [6.45, 7) is 1.99. The summed E-state index contributed by atoms with van der Waals surface area (Å²) >= 11 is 3.54. The summed E-state index contributed by atoms with van der Waals surface area (Å²) in [7, 11) is 3.37. The van der Waals surface area contributed by atoms with Gasteiger partial charge in [-0.1, -0.05) is 34.1 Å². The number of halogens is 1. The molecule has 2 rings (SSSR count). The van der Waals surface area contributed by atoms with Crippen molar-refractivity contribution in [3.05, 3.63) is 58.1 Å². The van der Waals surface area contributed by atoms with Gasteiger partial charge in [-0.25, -0.2) is 0 Å². The number of aryl methyl sites for hydroxylation is 1. The average molecular weight is 377 g/mol. The SMILES string of the molecule is COc1cc(C)c(CC(N)C(=O)N(C)c2ccccc2)c(Br)c1. The first-order valence-electron chi connectivity index (χ1n) is 7.35. The molecule has 1 amide bonds. The maximum atomic E-state index is 12.6. The van der Waals surface area contributed by atoms with Crippen LogP contribution in [0.5, 0.6) is 5.75 Å². The van der Waals surface area contributed by atoms with Crippen molar-refractivity contribution in [3.63, 3.8) is 0 Å². The lowest BCUT2D eigenvalue weighted by Crippen LogP contribution is -2.43. The number of nitrogens with zero attached hydrogens (tertiary/aromatic N) is 1. The number of ether oxygens (including phenoxy) is 1. The number of carbonyl (C=O) groups is 1. The molecule has 23 heavy (non-hydrogen) atoms. The van der Waals surface area contributed by atoms with Crippen molar-refractivity contribution < 1.29 is 9.53 Å². The van der Waals surface area contributed by atoms with Crippen LogP contribution in [0, 0.1) is 6.92 Å². The highest BCUT2D eigenvalue weighted by Gasteiger charge is 2.21. The van der Waals surface area contributed by atoms with Crippen molar-refractivity contribution in [3.8, 4) is 5.75 Å². The van der Waals surface area contributed by atoms with Crippen LogP contribution in [0.2, 0.25) is 0 Å². The van der Waals surface area contributed by atoms with Gasteiger partial charge in [-0.2, -0.15) is 0 Å². The average Bonchev–Trinajstić information content (AvgIpc) is 2.57. The van der Waals surface area contributed by atoms with Crippen molar-refractivity contribution in [2.75, 3.05) is 19.1 Å². The van der Waals surface area contributed by atoms with Gasteiger partial charge < -0.3 is 15.4 Å². The van der Waals surface area contributed by atoms with Crippen LogP contribution < -0.4 is 15.4 Å². The zero-order chi connectivity index (χ0) is 17.0. The molecule has 4 nitrogen and oxygen atoms in total. The van der Waals surface area contributed by atoms with Crippen molar-refractivity contribution in [2.45, 2.75) is 19.4 Å². The second-order valence-corrected chi connectivity index (χ2v) is 6.30. The van der Waals surface area contributed by atoms with Gasteiger partial charge in [0.1, 0.15) is 5.75 Å². The molecule has 1 unspecified atom stereocenters. The van der Waals surface area contributed by atoms with Gasteiger partial charge in [-0.05, 0) is 48.7 Å². The predicted octanol–water partition coefficient (Wildman–Crippen LogP) is 3.30. The Morgan fingerprint density at radius 2 is 1.96 bits per heavy atom. The molecule has 0 heterocycles. The number of hydrogen-bond acceptors (Lipinski definition) is 3. The lowest BCUT2D eigenvalue weighted by atomic mass is 10.0. The van der Waals surface area contributed by atoms with Crippen LogP contribution in [-0.4, -0.2) is 26.1 Å². The maximum absolute atomic E-state index is 12.6. The molecule has 0 aliphatic rings. The quantitative estimate of drug-likeness (QED) is 0.870. The zero-order valence-corrected chi connectivity index (χ0v) is 15.1. The molecule has 0 fully saturated rings. The summed E-state index contributed by atoms with van der Waals surface area (Å²) in [6, 6.07) is 12.7. The number of nitrogens with two attached hydrogens (primary N) is 1. The minimum Gasteiger partial charge on any atom is -0.497 e. The lowest BCUT2D eigenvalue weighted by Gasteiger charge is -2.22. The van der Waals surface area contributed by atoms with Gasteiger partial charge in [-0.3, -0.25) is 4.79 Å². The van der Waals surface area contributed by atoms with E-state index in [1.807, 2.05) is 49.4 Å². The first-order chi connectivity index (χ1) is 10.9. The lowest BCUT2D eigenvalue weighted by molar-refractivity contribution is -0.119. The molecule has 0 aliphatic carbocycles. The van der Waals surface area contributed by atoms with E-state index in [-0.39, 0.29) is 5.91 Å². The first-order valence-corrected chi connectivity index (χ1v) is 8.14. The molecule has 0 saturated carbocycles. The largest absolute Gasteiger partial charge is 0.497 e. The molecule has 2 N–H and O–H groups in total. The van der Waals surface area contributed by atoms with Gasteiger partial charge in [0.15, 0.2) is 0 Å². The summed E-state index contributed by atoms with van der Waals surface area (Å²) < 4.78 is 6.15. The number of methoxy groups -OCH3 is 1. The Bertz CT molecular complexity index is 666. The monoisotopic (exact) mass is 376 g/mol. The summed E-state index contributed by atoms with van der Waals surface area (Å²) in [5.74, 6) is 0.665. The summed E-state index contributed by atoms with van der Waals surface area (Å²) in [6.07, 6.45) is 0.465. The van der Waals surface area contributed by atoms with E-state index in [2.05, 4.69) is 15.9 Å². The van der Waals surface area contributed by atoms with E-state index < -0.39 is 6.04 Å². The van der Waals surface area contributed by atoms with E-state index in [9.17, 15) is 4.79 Å². The summed E-state index contributed by atoms with van der Waals surface area (Å²) in [5, 5.41) is 0. The van der Waals surface area contributed by atoms with Crippen LogP contribution >= 0.6 is 15.9 Å². The van der Waals surface area contributed by atoms with Crippen molar-refractivity contribution >= 4 is 27.5 Å². The van der Waals surface area contributed by atoms with Gasteiger partial charge >= 0.3 is 0 Å². The van der Waals surface area contributed by atoms with Gasteiger partial charge in [0.05, 0.1) is 13.2 Å². The van der Waals surface area contributed by atoms with E-state index in [4.69, 9.17) is 10.5 Å². The highest BCUT2D eigenvalue weighted by molar-refractivity contribution is 9.10. The van der Waals surface area contributed by atoms with Crippen molar-refractivity contribution in [2.24, 2.45) is 5.73 Å². The number of amides is 1. The van der Waals surface area contributed by atoms with E-state index in [0.29, 0.717) is 6.42 Å². The number of anilines is 1. The van der Waals surface area contributed by atoms with Crippen LogP contribution in [0.4, 0.5) is 5.69 Å². The second-order valence-electron chi connectivity index (χ2n) is 5.45. The number of para-hydroxylation sites is 1. The molecule has 0 bridgehead atoms. The van der Waals surface area contributed by atoms with Crippen molar-refractivity contribution in [1.29, 1.82) is 0 Å². The number of hydrogen-bond donors (Lipinski definition) is 1. The smallest absolute Gasteiger partial charge is 0.243 e. The molecule has 2 aromatic carbocycles. The molecule has 0 spiro atoms. The van der Waals surface area contributed by atoms with Gasteiger partial charge in [-0.15, -0.1) is 0 Å². The normalized spacial score (nSPS) is 11.9. The minimum absolute atomic E-state index is 0.113. The Labute approximate surface area is 145 Å². The third-order valence-electron chi connectivity index (χ3n) is 3.84. The van der Waals surface area contributed by atoms with Gasteiger partial charge in [0, 0.05) is 17.2 Å². The third kappa shape index (κ3) is 4.12. The Hall–Kier alpha value is -1.85. The van der Waals surface area contributed by atoms with Crippen LogP contribution in [0.3, 0.4) is 0 Å². The minimum atomic E-state index is -0.608. The highest BCUT2D eigenvalue weighted by atomic mass is 79.9. The number of carbonyl (C=O) groups excluding carboxylic acids is 1. The van der Waals surface area contributed by atoms with Crippen LogP contribution in [0.25, 0.3) is 0 Å². The topological polar surface area (TPSA) is 55.6 Å². The molecule has 5 heteroatoms. The first kappa shape index (κ1) is 17.5. The van der Waals surface area contributed by atoms with E-state index in [0.717, 1.165) is 27.0 Å². The number of benzene rings is 2. The standard InChI is InChI=1S/C18H21BrN2O2/c1-12-9-14(23-3)10-16(19)15(12)11-17(20)18(22)21(2)13-7-5-4-6-8-13/h4-10,17H,11,20H2,1-3H3. The fraction of sp³-hybridized carbons (Fsp3) is 0.278. The number of likely N-dealkylation sites (N-methyl/N-ethyl adjacent to an activating group) is 1. The Balaban J connectivity index is 2.16. The van der Waals surface area contributed by atoms with Crippen LogP contribution in [0.1, 0.15) is 11.1 Å². The van der Waals surface area contributed by atoms with Crippen molar-refractivity contribution in [1.82, 2.24) is 0 Å². The molecule has 0 aliphatic heterocycles. The molecule has 0 radical (unpaired) electrons. The van der Waals surface area contributed by atoms with Gasteiger partial charge in [0.2, 0.25) is 5.91 Å². The fourth-order valence-electron chi connectivity index (χ4n) is 2.45. The molecular formula is C18H21BrN2O2. The Kier molecular flexibility index (Phi) is 5.80. The van der Waals surface area contributed by atoms with Gasteiger partial charge in [0.25, 0.3) is 0 Å². The summed E-state index contributed by atoms with van der Waals surface area (Å²) in [5.41, 5.74) is 9.05. The third-order valence-corrected chi connectivity index (χ3v) is 4.55. The van der Waals surface area contributed by atoms with E-state index >= 15 is 0 Å². The molecule has 122 valence electrons. The molecule has 0 aromatic heterocycles. The molecule has 0 saturated heterocycles. The van der Waals surface area contributed by atoms with Crippen LogP contribution in [0.15, 0.2) is 46.9 Å². The Morgan fingerprint density at radius 3 is 2.52 bits per heavy atom. The maximum Gasteiger partial charge on any atom is 0.243 e. The van der Waals surface area contributed by atoms with E-state index in [1.165, 1.54) is 0 Å².